The predicted octanol–water partition coefficient (Wildman–Crippen LogP) is 0.300. The van der Waals surface area contributed by atoms with Crippen LogP contribution in [0.15, 0.2) is 12.2 Å². The van der Waals surface area contributed by atoms with Gasteiger partial charge in [0.05, 0.1) is 39.6 Å². The van der Waals surface area contributed by atoms with Crippen LogP contribution in [-0.2, 0) is 24.4 Å². The van der Waals surface area contributed by atoms with E-state index in [1.54, 1.807) is 6.92 Å². The van der Waals surface area contributed by atoms with Crippen LogP contribution in [0.25, 0.3) is 0 Å². The van der Waals surface area contributed by atoms with Gasteiger partial charge in [-0.2, -0.15) is 8.42 Å². The van der Waals surface area contributed by atoms with Gasteiger partial charge in [0.15, 0.2) is 0 Å². The Morgan fingerprint density at radius 2 is 1.77 bits per heavy atom. The van der Waals surface area contributed by atoms with E-state index < -0.39 is 16.1 Å². The van der Waals surface area contributed by atoms with Gasteiger partial charge in [-0.05, 0) is 6.92 Å². The summed E-state index contributed by atoms with van der Waals surface area (Å²) in [5, 5.41) is 0. The lowest BCUT2D eigenvalue weighted by atomic mass is 10.3. The number of rotatable bonds is 11. The summed E-state index contributed by atoms with van der Waals surface area (Å²) in [6.45, 7) is 7.33. The van der Waals surface area contributed by atoms with Gasteiger partial charge >= 0.3 is 5.97 Å². The van der Waals surface area contributed by atoms with Crippen LogP contribution in [0.4, 0.5) is 0 Å². The topological polar surface area (TPSA) is 120 Å². The molecule has 0 fully saturated rings. The van der Waals surface area contributed by atoms with Crippen molar-refractivity contribution in [2.24, 2.45) is 0 Å². The van der Waals surface area contributed by atoms with Crippen LogP contribution in [0.1, 0.15) is 13.3 Å². The van der Waals surface area contributed by atoms with E-state index in [4.69, 9.17) is 14.0 Å². The quantitative estimate of drug-likeness (QED) is 0.189. The monoisotopic (exact) mass is 341 g/mol. The van der Waals surface area contributed by atoms with Crippen molar-refractivity contribution in [3.05, 3.63) is 12.2 Å². The summed E-state index contributed by atoms with van der Waals surface area (Å²) >= 11 is 0. The molecule has 0 amide bonds. The average molecular weight is 341 g/mol. The Bertz CT molecular complexity index is 445. The van der Waals surface area contributed by atoms with Crippen molar-refractivity contribution in [1.82, 2.24) is 0 Å². The summed E-state index contributed by atoms with van der Waals surface area (Å²) in [6.07, 6.45) is 0.391. The number of ether oxygens (including phenoxy) is 2. The molecule has 0 saturated carbocycles. The maximum atomic E-state index is 11.1. The third-order valence-electron chi connectivity index (χ3n) is 2.82. The SMILES string of the molecule is C=C(C)C(=O)OCCOCC[N+](C)(C)CCCS(=O)(=O)O.[OH-]. The van der Waals surface area contributed by atoms with Crippen molar-refractivity contribution in [3.8, 4) is 0 Å². The Labute approximate surface area is 132 Å². The fourth-order valence-electron chi connectivity index (χ4n) is 1.52. The van der Waals surface area contributed by atoms with Gasteiger partial charge in [-0.25, -0.2) is 4.79 Å². The Morgan fingerprint density at radius 1 is 1.18 bits per heavy atom. The summed E-state index contributed by atoms with van der Waals surface area (Å²) in [5.41, 5.74) is 0.353. The predicted molar refractivity (Wildman–Crippen MR) is 81.4 cm³/mol. The molecule has 0 rings (SSSR count). The van der Waals surface area contributed by atoms with Crippen LogP contribution < -0.4 is 0 Å². The molecule has 0 aromatic carbocycles. The summed E-state index contributed by atoms with van der Waals surface area (Å²) in [7, 11) is 0.0145. The molecule has 0 bridgehead atoms. The standard InChI is InChI=1S/C13H25NO6S.H2O/c1-12(2)13(15)20-10-9-19-8-7-14(3,4)6-5-11-21(16,17)18;/h1,5-11H2,2-4H3;1H2. The van der Waals surface area contributed by atoms with E-state index in [0.29, 0.717) is 42.8 Å². The second-order valence-electron chi connectivity index (χ2n) is 5.55. The molecule has 22 heavy (non-hydrogen) atoms. The molecular formula is C13H27NO7S. The summed E-state index contributed by atoms with van der Waals surface area (Å²) in [4.78, 5) is 11.1. The first-order chi connectivity index (χ1) is 9.53. The largest absolute Gasteiger partial charge is 0.870 e. The molecule has 0 aromatic heterocycles. The molecule has 0 spiro atoms. The highest BCUT2D eigenvalue weighted by atomic mass is 32.2. The van der Waals surface area contributed by atoms with Crippen LogP contribution in [-0.4, -0.2) is 81.7 Å². The zero-order valence-electron chi connectivity index (χ0n) is 13.4. The van der Waals surface area contributed by atoms with Crippen LogP contribution in [0.3, 0.4) is 0 Å². The summed E-state index contributed by atoms with van der Waals surface area (Å²) in [5.74, 6) is -0.660. The number of likely N-dealkylation sites (N-methyl/N-ethyl adjacent to an activating group) is 1. The maximum Gasteiger partial charge on any atom is 0.333 e. The molecule has 0 unspecified atom stereocenters. The number of esters is 1. The van der Waals surface area contributed by atoms with Gasteiger partial charge in [-0.3, -0.25) is 4.55 Å². The van der Waals surface area contributed by atoms with E-state index in [9.17, 15) is 13.2 Å². The van der Waals surface area contributed by atoms with Gasteiger partial charge in [0.25, 0.3) is 10.1 Å². The zero-order chi connectivity index (χ0) is 16.5. The number of nitrogens with zero attached hydrogens (tertiary/aromatic N) is 1. The summed E-state index contributed by atoms with van der Waals surface area (Å²) < 4.78 is 40.7. The zero-order valence-corrected chi connectivity index (χ0v) is 14.3. The first kappa shape index (κ1) is 23.3. The Morgan fingerprint density at radius 3 is 2.27 bits per heavy atom. The van der Waals surface area contributed by atoms with Crippen LogP contribution in [0.5, 0.6) is 0 Å². The highest BCUT2D eigenvalue weighted by molar-refractivity contribution is 7.85. The summed E-state index contributed by atoms with van der Waals surface area (Å²) in [6, 6.07) is 0. The Balaban J connectivity index is 0. The molecule has 0 radical (unpaired) electrons. The molecule has 0 heterocycles. The molecule has 8 nitrogen and oxygen atoms in total. The van der Waals surface area contributed by atoms with Gasteiger partial charge in [-0.15, -0.1) is 0 Å². The number of hydrogen-bond acceptors (Lipinski definition) is 6. The van der Waals surface area contributed by atoms with Gasteiger partial charge in [0.1, 0.15) is 13.2 Å². The minimum atomic E-state index is -3.89. The van der Waals surface area contributed by atoms with Crippen LogP contribution >= 0.6 is 0 Å². The molecule has 0 aliphatic heterocycles. The Kier molecular flexibility index (Phi) is 11.3. The van der Waals surface area contributed by atoms with E-state index in [0.717, 1.165) is 0 Å². The molecule has 0 aliphatic carbocycles. The molecule has 132 valence electrons. The lowest BCUT2D eigenvalue weighted by Gasteiger charge is -2.29. The van der Waals surface area contributed by atoms with Crippen LogP contribution in [0.2, 0.25) is 0 Å². The molecule has 2 N–H and O–H groups in total. The molecular weight excluding hydrogens is 314 g/mol. The molecule has 0 aliphatic rings. The number of hydrogen-bond donors (Lipinski definition) is 1. The first-order valence-electron chi connectivity index (χ1n) is 6.71. The lowest BCUT2D eigenvalue weighted by molar-refractivity contribution is -0.890. The second-order valence-corrected chi connectivity index (χ2v) is 7.12. The maximum absolute atomic E-state index is 11.1. The fraction of sp³-hybridized carbons (Fsp3) is 0.769. The highest BCUT2D eigenvalue weighted by Crippen LogP contribution is 2.01. The van der Waals surface area contributed by atoms with E-state index in [1.807, 2.05) is 14.1 Å². The normalized spacial score (nSPS) is 11.6. The molecule has 0 atom stereocenters. The minimum absolute atomic E-state index is 0. The van der Waals surface area contributed by atoms with Crippen molar-refractivity contribution in [2.45, 2.75) is 13.3 Å². The first-order valence-corrected chi connectivity index (χ1v) is 8.32. The number of carbonyl (C=O) groups is 1. The van der Waals surface area contributed by atoms with Crippen molar-refractivity contribution in [2.75, 3.05) is 52.8 Å². The minimum Gasteiger partial charge on any atom is -0.870 e. The average Bonchev–Trinajstić information content (AvgIpc) is 2.30. The third-order valence-corrected chi connectivity index (χ3v) is 3.62. The third kappa shape index (κ3) is 14.0. The van der Waals surface area contributed by atoms with Crippen molar-refractivity contribution in [3.63, 3.8) is 0 Å². The van der Waals surface area contributed by atoms with Crippen molar-refractivity contribution < 1.29 is 37.2 Å². The van der Waals surface area contributed by atoms with E-state index >= 15 is 0 Å². The molecule has 0 aromatic rings. The van der Waals surface area contributed by atoms with Crippen molar-refractivity contribution >= 4 is 16.1 Å². The number of carbonyl (C=O) groups excluding carboxylic acids is 1. The Hall–Kier alpha value is -1.00. The number of quaternary nitrogens is 1. The lowest BCUT2D eigenvalue weighted by Crippen LogP contribution is -2.43. The van der Waals surface area contributed by atoms with Gasteiger partial charge in [0.2, 0.25) is 0 Å². The van der Waals surface area contributed by atoms with E-state index in [1.165, 1.54) is 0 Å². The molecule has 9 heteroatoms. The second kappa shape index (κ2) is 10.7. The molecule has 0 saturated heterocycles. The van der Waals surface area contributed by atoms with E-state index in [2.05, 4.69) is 6.58 Å². The van der Waals surface area contributed by atoms with Gasteiger partial charge in [-0.1, -0.05) is 6.58 Å². The van der Waals surface area contributed by atoms with E-state index in [-0.39, 0.29) is 17.8 Å². The van der Waals surface area contributed by atoms with Crippen molar-refractivity contribution in [1.29, 1.82) is 0 Å². The highest BCUT2D eigenvalue weighted by Gasteiger charge is 2.16. The van der Waals surface area contributed by atoms with Gasteiger partial charge in [0, 0.05) is 12.0 Å². The smallest absolute Gasteiger partial charge is 0.333 e. The van der Waals surface area contributed by atoms with Crippen LogP contribution in [0, 0.1) is 0 Å². The van der Waals surface area contributed by atoms with Gasteiger partial charge < -0.3 is 19.4 Å². The fourth-order valence-corrected chi connectivity index (χ4v) is 2.01.